The average molecular weight is 486 g/mol. The summed E-state index contributed by atoms with van der Waals surface area (Å²) < 4.78 is 6.15. The van der Waals surface area contributed by atoms with E-state index in [1.54, 1.807) is 0 Å². The van der Waals surface area contributed by atoms with Gasteiger partial charge < -0.3 is 9.64 Å². The van der Waals surface area contributed by atoms with Crippen LogP contribution < -0.4 is 4.74 Å². The Morgan fingerprint density at radius 3 is 2.03 bits per heavy atom. The number of benzene rings is 5. The van der Waals surface area contributed by atoms with Crippen molar-refractivity contribution in [2.45, 2.75) is 12.3 Å². The molecule has 1 saturated heterocycles. The first-order valence-corrected chi connectivity index (χ1v) is 12.7. The largest absolute Gasteiger partial charge is 0.432 e. The number of thiocarbonyl (C=S) groups is 1. The van der Waals surface area contributed by atoms with Crippen LogP contribution in [0.3, 0.4) is 0 Å². The highest BCUT2D eigenvalue weighted by Gasteiger charge is 2.26. The van der Waals surface area contributed by atoms with Gasteiger partial charge in [-0.25, -0.2) is 9.97 Å². The molecule has 0 spiro atoms. The zero-order valence-corrected chi connectivity index (χ0v) is 20.4. The number of aromatic nitrogens is 2. The first-order chi connectivity index (χ1) is 17.7. The predicted molar refractivity (Wildman–Crippen MR) is 151 cm³/mol. The second kappa shape index (κ2) is 8.54. The molecule has 0 aliphatic carbocycles. The van der Waals surface area contributed by atoms with Crippen molar-refractivity contribution in [3.63, 3.8) is 0 Å². The highest BCUT2D eigenvalue weighted by atomic mass is 32.1. The van der Waals surface area contributed by atoms with Crippen molar-refractivity contribution >= 4 is 61.0 Å². The lowest BCUT2D eigenvalue weighted by atomic mass is 9.99. The van der Waals surface area contributed by atoms with Crippen LogP contribution in [-0.4, -0.2) is 33.1 Å². The van der Waals surface area contributed by atoms with Crippen LogP contribution in [0, 0.1) is 0 Å². The second-order valence-corrected chi connectivity index (χ2v) is 9.72. The molecule has 0 radical (unpaired) electrons. The summed E-state index contributed by atoms with van der Waals surface area (Å²) in [4.78, 5) is 12.3. The fourth-order valence-electron chi connectivity index (χ4n) is 5.41. The van der Waals surface area contributed by atoms with Gasteiger partial charge in [0.2, 0.25) is 0 Å². The van der Waals surface area contributed by atoms with Crippen LogP contribution in [0.2, 0.25) is 0 Å². The Labute approximate surface area is 214 Å². The monoisotopic (exact) mass is 485 g/mol. The first kappa shape index (κ1) is 21.2. The SMILES string of the molecule is S=C(Oc1ccc2nc3c4ccccc4c4ccccc4c3nc2c1)N1CC[C@@H](c2ccccc2)C1. The molecule has 1 aliphatic heterocycles. The average Bonchev–Trinajstić information content (AvgIpc) is 3.44. The molecule has 1 fully saturated rings. The summed E-state index contributed by atoms with van der Waals surface area (Å²) in [6.07, 6.45) is 1.07. The predicted octanol–water partition coefficient (Wildman–Crippen LogP) is 7.24. The fourth-order valence-corrected chi connectivity index (χ4v) is 5.67. The molecule has 5 heteroatoms. The first-order valence-electron chi connectivity index (χ1n) is 12.3. The quantitative estimate of drug-likeness (QED) is 0.147. The van der Waals surface area contributed by atoms with E-state index in [0.717, 1.165) is 52.3 Å². The van der Waals surface area contributed by atoms with Crippen LogP contribution in [0.25, 0.3) is 43.6 Å². The van der Waals surface area contributed by atoms with Crippen molar-refractivity contribution < 1.29 is 4.74 Å². The Balaban J connectivity index is 1.24. The van der Waals surface area contributed by atoms with Crippen molar-refractivity contribution in [1.29, 1.82) is 0 Å². The molecule has 1 aliphatic rings. The molecule has 0 N–H and O–H groups in total. The van der Waals surface area contributed by atoms with Gasteiger partial charge in [0.15, 0.2) is 0 Å². The third-order valence-electron chi connectivity index (χ3n) is 7.21. The summed E-state index contributed by atoms with van der Waals surface area (Å²) in [7, 11) is 0. The van der Waals surface area contributed by atoms with E-state index in [9.17, 15) is 0 Å². The number of ether oxygens (including phenoxy) is 1. The third kappa shape index (κ3) is 3.55. The van der Waals surface area contributed by atoms with E-state index >= 15 is 0 Å². The van der Waals surface area contributed by atoms with E-state index < -0.39 is 0 Å². The molecule has 174 valence electrons. The van der Waals surface area contributed by atoms with Gasteiger partial charge in [-0.2, -0.15) is 0 Å². The van der Waals surface area contributed by atoms with Crippen molar-refractivity contribution in [3.8, 4) is 5.75 Å². The Hall–Kier alpha value is -4.09. The molecule has 5 aromatic carbocycles. The molecule has 1 aromatic heterocycles. The minimum atomic E-state index is 0.477. The van der Waals surface area contributed by atoms with E-state index in [1.807, 2.05) is 18.2 Å². The van der Waals surface area contributed by atoms with Gasteiger partial charge in [-0.1, -0.05) is 78.9 Å². The topological polar surface area (TPSA) is 38.3 Å². The molecule has 7 rings (SSSR count). The smallest absolute Gasteiger partial charge is 0.264 e. The molecule has 0 saturated carbocycles. The van der Waals surface area contributed by atoms with E-state index in [4.69, 9.17) is 26.9 Å². The van der Waals surface area contributed by atoms with Crippen LogP contribution in [0.4, 0.5) is 0 Å². The van der Waals surface area contributed by atoms with Crippen LogP contribution in [0.1, 0.15) is 17.9 Å². The maximum Gasteiger partial charge on any atom is 0.264 e. The third-order valence-corrected chi connectivity index (χ3v) is 7.55. The summed E-state index contributed by atoms with van der Waals surface area (Å²) in [5, 5.41) is 5.11. The molecule has 0 bridgehead atoms. The number of hydrogen-bond acceptors (Lipinski definition) is 4. The molecule has 4 nitrogen and oxygen atoms in total. The van der Waals surface area contributed by atoms with E-state index in [-0.39, 0.29) is 0 Å². The van der Waals surface area contributed by atoms with E-state index in [0.29, 0.717) is 16.8 Å². The van der Waals surface area contributed by atoms with E-state index in [2.05, 4.69) is 83.8 Å². The van der Waals surface area contributed by atoms with Crippen molar-refractivity contribution in [1.82, 2.24) is 14.9 Å². The number of fused-ring (bicyclic) bond motifs is 7. The van der Waals surface area contributed by atoms with Crippen LogP contribution in [-0.2, 0) is 0 Å². The van der Waals surface area contributed by atoms with Crippen molar-refractivity contribution in [2.75, 3.05) is 13.1 Å². The van der Waals surface area contributed by atoms with Gasteiger partial charge in [0.25, 0.3) is 5.17 Å². The summed E-state index contributed by atoms with van der Waals surface area (Å²) in [5.74, 6) is 1.17. The number of hydrogen-bond donors (Lipinski definition) is 0. The van der Waals surface area contributed by atoms with Crippen LogP contribution in [0.5, 0.6) is 5.75 Å². The van der Waals surface area contributed by atoms with Crippen LogP contribution in [0.15, 0.2) is 97.1 Å². The zero-order chi connectivity index (χ0) is 24.1. The van der Waals surface area contributed by atoms with Gasteiger partial charge in [0, 0.05) is 35.8 Å². The minimum absolute atomic E-state index is 0.477. The Bertz CT molecular complexity index is 1780. The summed E-state index contributed by atoms with van der Waals surface area (Å²) in [6.45, 7) is 1.77. The number of rotatable bonds is 2. The maximum absolute atomic E-state index is 6.15. The minimum Gasteiger partial charge on any atom is -0.432 e. The lowest BCUT2D eigenvalue weighted by Gasteiger charge is -2.19. The zero-order valence-electron chi connectivity index (χ0n) is 19.6. The van der Waals surface area contributed by atoms with Gasteiger partial charge in [0.05, 0.1) is 22.1 Å². The molecule has 0 amide bonds. The highest BCUT2D eigenvalue weighted by Crippen LogP contribution is 2.34. The molecular formula is C31H23N3OS. The summed E-state index contributed by atoms with van der Waals surface area (Å²) in [5.41, 5.74) is 4.82. The van der Waals surface area contributed by atoms with Gasteiger partial charge in [0.1, 0.15) is 5.75 Å². The van der Waals surface area contributed by atoms with Crippen LogP contribution >= 0.6 is 12.2 Å². The van der Waals surface area contributed by atoms with Gasteiger partial charge in [-0.05, 0) is 47.1 Å². The second-order valence-electron chi connectivity index (χ2n) is 9.37. The van der Waals surface area contributed by atoms with Crippen molar-refractivity contribution in [3.05, 3.63) is 103 Å². The number of nitrogens with zero attached hydrogens (tertiary/aromatic N) is 3. The van der Waals surface area contributed by atoms with Gasteiger partial charge in [-0.3, -0.25) is 0 Å². The molecule has 36 heavy (non-hydrogen) atoms. The van der Waals surface area contributed by atoms with Gasteiger partial charge in [-0.15, -0.1) is 0 Å². The summed E-state index contributed by atoms with van der Waals surface area (Å²) >= 11 is 5.68. The van der Waals surface area contributed by atoms with Gasteiger partial charge >= 0.3 is 0 Å². The Morgan fingerprint density at radius 2 is 1.33 bits per heavy atom. The maximum atomic E-state index is 6.15. The van der Waals surface area contributed by atoms with E-state index in [1.165, 1.54) is 16.3 Å². The molecular weight excluding hydrogens is 462 g/mol. The standard InChI is InChI=1S/C31H23N3OS/c36-31(34-17-16-21(19-34)20-8-2-1-3-9-20)35-22-14-15-27-28(18-22)33-30-26-13-7-5-11-24(26)23-10-4-6-12-25(23)29(30)32-27/h1-15,18,21H,16-17,19H2/t21-/m1/s1. The summed E-state index contributed by atoms with van der Waals surface area (Å²) in [6, 6.07) is 33.3. The molecule has 2 heterocycles. The van der Waals surface area contributed by atoms with Crippen molar-refractivity contribution in [2.24, 2.45) is 0 Å². The molecule has 1 atom stereocenters. The molecule has 0 unspecified atom stereocenters. The lowest BCUT2D eigenvalue weighted by Crippen LogP contribution is -2.31. The number of likely N-dealkylation sites (tertiary alicyclic amines) is 1. The molecule has 6 aromatic rings. The highest BCUT2D eigenvalue weighted by molar-refractivity contribution is 7.80. The normalized spacial score (nSPS) is 15.8. The Kier molecular flexibility index (Phi) is 5.03. The Morgan fingerprint density at radius 1 is 0.722 bits per heavy atom. The lowest BCUT2D eigenvalue weighted by molar-refractivity contribution is 0.403. The fraction of sp³-hybridized carbons (Fsp3) is 0.129.